The van der Waals surface area contributed by atoms with E-state index in [1.165, 1.54) is 0 Å². The Morgan fingerprint density at radius 2 is 1.46 bits per heavy atom. The molecule has 9 heteroatoms. The number of tetrazole rings is 1. The Bertz CT molecular complexity index is 1300. The molecule has 1 aliphatic rings. The van der Waals surface area contributed by atoms with Crippen LogP contribution >= 0.6 is 0 Å². The molecular weight excluding hydrogens is 442 g/mol. The Hall–Kier alpha value is -4.37. The zero-order chi connectivity index (χ0) is 24.0. The fraction of sp³-hybridized carbons (Fsp3) is 0.192. The summed E-state index contributed by atoms with van der Waals surface area (Å²) in [4.78, 5) is 30.0. The molecular formula is C26H25N7O2. The molecule has 176 valence electrons. The third-order valence-electron chi connectivity index (χ3n) is 5.96. The van der Waals surface area contributed by atoms with Crippen molar-refractivity contribution in [3.05, 3.63) is 96.1 Å². The second kappa shape index (κ2) is 10.3. The summed E-state index contributed by atoms with van der Waals surface area (Å²) in [6.07, 6.45) is 0. The lowest BCUT2D eigenvalue weighted by atomic mass is 10.0. The average molecular weight is 468 g/mol. The highest BCUT2D eigenvalue weighted by molar-refractivity contribution is 6.13. The average Bonchev–Trinajstić information content (AvgIpc) is 3.40. The highest BCUT2D eigenvalue weighted by Gasteiger charge is 2.24. The van der Waals surface area contributed by atoms with Gasteiger partial charge in [0, 0.05) is 37.3 Å². The molecule has 2 heterocycles. The SMILES string of the molecule is O=C(CN1CCN(c2nnnn2-c2ccccc2)CC1)Nc1ccccc1C(=O)c1ccccc1. The van der Waals surface area contributed by atoms with Crippen LogP contribution in [0.4, 0.5) is 11.6 Å². The van der Waals surface area contributed by atoms with Crippen LogP contribution in [0.3, 0.4) is 0 Å². The number of anilines is 2. The molecule has 1 fully saturated rings. The van der Waals surface area contributed by atoms with E-state index >= 15 is 0 Å². The number of amides is 1. The number of benzene rings is 3. The van der Waals surface area contributed by atoms with Gasteiger partial charge in [-0.2, -0.15) is 4.68 Å². The third-order valence-corrected chi connectivity index (χ3v) is 5.96. The number of para-hydroxylation sites is 2. The number of piperazine rings is 1. The molecule has 1 amide bonds. The molecule has 0 saturated carbocycles. The first kappa shape index (κ1) is 22.4. The van der Waals surface area contributed by atoms with Crippen LogP contribution in [0.1, 0.15) is 15.9 Å². The van der Waals surface area contributed by atoms with Crippen molar-refractivity contribution in [2.45, 2.75) is 0 Å². The number of hydrogen-bond acceptors (Lipinski definition) is 7. The standard InChI is InChI=1S/C26H25N7O2/c34-24(27-23-14-8-7-13-22(23)25(35)20-9-3-1-4-10-20)19-31-15-17-32(18-16-31)26-28-29-30-33(26)21-11-5-2-6-12-21/h1-14H,15-19H2,(H,27,34). The molecule has 1 saturated heterocycles. The predicted octanol–water partition coefficient (Wildman–Crippen LogP) is 2.65. The molecule has 4 aromatic rings. The normalized spacial score (nSPS) is 14.0. The largest absolute Gasteiger partial charge is 0.337 e. The fourth-order valence-electron chi connectivity index (χ4n) is 4.15. The van der Waals surface area contributed by atoms with Gasteiger partial charge < -0.3 is 10.2 Å². The Balaban J connectivity index is 1.19. The van der Waals surface area contributed by atoms with Crippen molar-refractivity contribution in [3.63, 3.8) is 0 Å². The van der Waals surface area contributed by atoms with E-state index in [4.69, 9.17) is 0 Å². The van der Waals surface area contributed by atoms with Crippen LogP contribution in [0.2, 0.25) is 0 Å². The minimum Gasteiger partial charge on any atom is -0.337 e. The summed E-state index contributed by atoms with van der Waals surface area (Å²) in [5, 5.41) is 15.1. The number of nitrogens with zero attached hydrogens (tertiary/aromatic N) is 6. The van der Waals surface area contributed by atoms with E-state index in [1.807, 2.05) is 54.6 Å². The van der Waals surface area contributed by atoms with Crippen molar-refractivity contribution < 1.29 is 9.59 Å². The van der Waals surface area contributed by atoms with Gasteiger partial charge in [0.2, 0.25) is 11.9 Å². The zero-order valence-corrected chi connectivity index (χ0v) is 19.1. The molecule has 0 aliphatic carbocycles. The first-order valence-electron chi connectivity index (χ1n) is 11.5. The van der Waals surface area contributed by atoms with E-state index in [0.29, 0.717) is 48.9 Å². The maximum Gasteiger partial charge on any atom is 0.250 e. The lowest BCUT2D eigenvalue weighted by Crippen LogP contribution is -2.49. The maximum absolute atomic E-state index is 12.9. The Kier molecular flexibility index (Phi) is 6.58. The van der Waals surface area contributed by atoms with E-state index in [-0.39, 0.29) is 18.2 Å². The van der Waals surface area contributed by atoms with Gasteiger partial charge in [-0.05, 0) is 34.7 Å². The Labute approximate surface area is 203 Å². The quantitative estimate of drug-likeness (QED) is 0.418. The summed E-state index contributed by atoms with van der Waals surface area (Å²) in [5.74, 6) is 0.417. The molecule has 0 bridgehead atoms. The van der Waals surface area contributed by atoms with Gasteiger partial charge >= 0.3 is 0 Å². The van der Waals surface area contributed by atoms with Crippen molar-refractivity contribution >= 4 is 23.3 Å². The number of carbonyl (C=O) groups is 2. The van der Waals surface area contributed by atoms with Gasteiger partial charge in [0.1, 0.15) is 0 Å². The second-order valence-corrected chi connectivity index (χ2v) is 8.28. The number of carbonyl (C=O) groups excluding carboxylic acids is 2. The maximum atomic E-state index is 12.9. The van der Waals surface area contributed by atoms with E-state index in [1.54, 1.807) is 35.0 Å². The van der Waals surface area contributed by atoms with Crippen LogP contribution in [-0.4, -0.2) is 69.5 Å². The van der Waals surface area contributed by atoms with Crippen molar-refractivity contribution in [2.24, 2.45) is 0 Å². The van der Waals surface area contributed by atoms with Gasteiger partial charge in [-0.3, -0.25) is 14.5 Å². The van der Waals surface area contributed by atoms with Gasteiger partial charge in [0.15, 0.2) is 5.78 Å². The van der Waals surface area contributed by atoms with Gasteiger partial charge in [-0.15, -0.1) is 0 Å². The topological polar surface area (TPSA) is 96.2 Å². The third kappa shape index (κ3) is 5.10. The fourth-order valence-corrected chi connectivity index (χ4v) is 4.15. The summed E-state index contributed by atoms with van der Waals surface area (Å²) in [7, 11) is 0. The van der Waals surface area contributed by atoms with Crippen molar-refractivity contribution in [1.82, 2.24) is 25.1 Å². The van der Waals surface area contributed by atoms with Crippen LogP contribution in [0.15, 0.2) is 84.9 Å². The van der Waals surface area contributed by atoms with Gasteiger partial charge in [-0.1, -0.05) is 65.8 Å². The molecule has 0 atom stereocenters. The minimum absolute atomic E-state index is 0.119. The second-order valence-electron chi connectivity index (χ2n) is 8.28. The van der Waals surface area contributed by atoms with Crippen LogP contribution < -0.4 is 10.2 Å². The van der Waals surface area contributed by atoms with Crippen LogP contribution in [-0.2, 0) is 4.79 Å². The van der Waals surface area contributed by atoms with E-state index < -0.39 is 0 Å². The Morgan fingerprint density at radius 3 is 2.20 bits per heavy atom. The molecule has 5 rings (SSSR count). The first-order valence-corrected chi connectivity index (χ1v) is 11.5. The molecule has 0 spiro atoms. The lowest BCUT2D eigenvalue weighted by Gasteiger charge is -2.34. The number of aromatic nitrogens is 4. The molecule has 35 heavy (non-hydrogen) atoms. The number of rotatable bonds is 7. The monoisotopic (exact) mass is 467 g/mol. The van der Waals surface area contributed by atoms with Gasteiger partial charge in [0.25, 0.3) is 0 Å². The van der Waals surface area contributed by atoms with Crippen LogP contribution in [0.25, 0.3) is 5.69 Å². The molecule has 1 N–H and O–H groups in total. The highest BCUT2D eigenvalue weighted by atomic mass is 16.2. The number of hydrogen-bond donors (Lipinski definition) is 1. The molecule has 9 nitrogen and oxygen atoms in total. The number of nitrogens with one attached hydrogen (secondary N) is 1. The van der Waals surface area contributed by atoms with Crippen LogP contribution in [0, 0.1) is 0 Å². The van der Waals surface area contributed by atoms with Gasteiger partial charge in [0.05, 0.1) is 17.9 Å². The first-order chi connectivity index (χ1) is 17.2. The summed E-state index contributed by atoms with van der Waals surface area (Å²) in [5.41, 5.74) is 2.48. The summed E-state index contributed by atoms with van der Waals surface area (Å²) >= 11 is 0. The van der Waals surface area contributed by atoms with Crippen molar-refractivity contribution in [1.29, 1.82) is 0 Å². The predicted molar refractivity (Wildman–Crippen MR) is 133 cm³/mol. The highest BCUT2D eigenvalue weighted by Crippen LogP contribution is 2.20. The Morgan fingerprint density at radius 1 is 0.800 bits per heavy atom. The van der Waals surface area contributed by atoms with Gasteiger partial charge in [-0.25, -0.2) is 0 Å². The minimum atomic E-state index is -0.152. The zero-order valence-electron chi connectivity index (χ0n) is 19.1. The molecule has 0 unspecified atom stereocenters. The smallest absolute Gasteiger partial charge is 0.250 e. The van der Waals surface area contributed by atoms with Crippen molar-refractivity contribution in [3.8, 4) is 5.69 Å². The van der Waals surface area contributed by atoms with E-state index in [0.717, 1.165) is 5.69 Å². The molecule has 0 radical (unpaired) electrons. The molecule has 3 aromatic carbocycles. The molecule has 1 aromatic heterocycles. The summed E-state index contributed by atoms with van der Waals surface area (Å²) < 4.78 is 1.73. The summed E-state index contributed by atoms with van der Waals surface area (Å²) in [6.45, 7) is 3.03. The van der Waals surface area contributed by atoms with Crippen molar-refractivity contribution in [2.75, 3.05) is 42.9 Å². The van der Waals surface area contributed by atoms with E-state index in [2.05, 4.69) is 30.6 Å². The molecule has 1 aliphatic heterocycles. The lowest BCUT2D eigenvalue weighted by molar-refractivity contribution is -0.117. The number of ketones is 1. The van der Waals surface area contributed by atoms with E-state index in [9.17, 15) is 9.59 Å². The van der Waals surface area contributed by atoms with Crippen LogP contribution in [0.5, 0.6) is 0 Å². The summed E-state index contributed by atoms with van der Waals surface area (Å²) in [6, 6.07) is 25.9.